The van der Waals surface area contributed by atoms with Crippen molar-refractivity contribution in [2.24, 2.45) is 0 Å². The van der Waals surface area contributed by atoms with E-state index in [1.165, 1.54) is 12.1 Å². The molecule has 1 aliphatic heterocycles. The molecular weight excluding hydrogens is 383 g/mol. The molecule has 4 aromatic rings. The molecule has 0 saturated heterocycles. The van der Waals surface area contributed by atoms with Gasteiger partial charge in [-0.1, -0.05) is 36.4 Å². The maximum Gasteiger partial charge on any atom is 0.242 e. The van der Waals surface area contributed by atoms with Gasteiger partial charge in [-0.15, -0.1) is 0 Å². The van der Waals surface area contributed by atoms with Crippen molar-refractivity contribution in [3.63, 3.8) is 0 Å². The largest absolute Gasteiger partial charge is 0.503 e. The molecule has 0 saturated carbocycles. The van der Waals surface area contributed by atoms with Crippen LogP contribution in [0.2, 0.25) is 0 Å². The molecular formula is C23H19FN4O2. The van der Waals surface area contributed by atoms with Crippen molar-refractivity contribution >= 4 is 0 Å². The summed E-state index contributed by atoms with van der Waals surface area (Å²) in [6.07, 6.45) is 4.59. The van der Waals surface area contributed by atoms with Crippen molar-refractivity contribution in [3.8, 4) is 17.3 Å². The van der Waals surface area contributed by atoms with Gasteiger partial charge in [0, 0.05) is 24.9 Å². The summed E-state index contributed by atoms with van der Waals surface area (Å²) >= 11 is 0. The van der Waals surface area contributed by atoms with Crippen LogP contribution in [0, 0.1) is 12.7 Å². The van der Waals surface area contributed by atoms with Gasteiger partial charge in [0.25, 0.3) is 0 Å². The first-order chi connectivity index (χ1) is 14.5. The van der Waals surface area contributed by atoms with Crippen LogP contribution in [-0.2, 0) is 6.54 Å². The fourth-order valence-corrected chi connectivity index (χ4v) is 4.33. The third kappa shape index (κ3) is 2.82. The molecule has 0 fully saturated rings. The molecule has 5 rings (SSSR count). The Morgan fingerprint density at radius 3 is 2.70 bits per heavy atom. The quantitative estimate of drug-likeness (QED) is 0.568. The minimum absolute atomic E-state index is 0.185. The van der Waals surface area contributed by atoms with Gasteiger partial charge < -0.3 is 9.67 Å². The number of hydrogen-bond acceptors (Lipinski definition) is 4. The number of rotatable bonds is 3. The zero-order chi connectivity index (χ0) is 20.8. The molecule has 2 atom stereocenters. The number of fused-ring (bicyclic) bond motifs is 3. The lowest BCUT2D eigenvalue weighted by Gasteiger charge is -2.35. The van der Waals surface area contributed by atoms with E-state index in [1.807, 2.05) is 35.9 Å². The molecule has 0 radical (unpaired) electrons. The van der Waals surface area contributed by atoms with Crippen molar-refractivity contribution in [2.75, 3.05) is 0 Å². The SMILES string of the molecule is Cc1ccccc1C(c1ccc(F)cc1)[C@H]1Cn2ccnc2-c2c(O)c(=O)cnn21. The molecule has 1 unspecified atom stereocenters. The Morgan fingerprint density at radius 2 is 1.93 bits per heavy atom. The number of aromatic hydroxyl groups is 1. The molecule has 0 amide bonds. The van der Waals surface area contributed by atoms with Crippen LogP contribution < -0.4 is 5.43 Å². The molecule has 150 valence electrons. The Kier molecular flexibility index (Phi) is 4.24. The highest BCUT2D eigenvalue weighted by molar-refractivity contribution is 5.60. The number of aryl methyl sites for hydroxylation is 1. The van der Waals surface area contributed by atoms with Crippen LogP contribution in [0.25, 0.3) is 11.5 Å². The lowest BCUT2D eigenvalue weighted by atomic mass is 9.82. The Hall–Kier alpha value is -3.74. The second-order valence-corrected chi connectivity index (χ2v) is 7.51. The summed E-state index contributed by atoms with van der Waals surface area (Å²) in [5.74, 6) is -0.362. The first kappa shape index (κ1) is 18.3. The van der Waals surface area contributed by atoms with Gasteiger partial charge in [0.15, 0.2) is 11.6 Å². The smallest absolute Gasteiger partial charge is 0.242 e. The molecule has 0 spiro atoms. The van der Waals surface area contributed by atoms with Crippen LogP contribution in [0.15, 0.2) is 71.9 Å². The number of hydrogen-bond donors (Lipinski definition) is 1. The highest BCUT2D eigenvalue weighted by Gasteiger charge is 2.36. The predicted octanol–water partition coefficient (Wildman–Crippen LogP) is 3.65. The summed E-state index contributed by atoms with van der Waals surface area (Å²) in [5, 5.41) is 14.9. The molecule has 0 bridgehead atoms. The van der Waals surface area contributed by atoms with Crippen molar-refractivity contribution in [1.29, 1.82) is 0 Å². The normalized spacial score (nSPS) is 16.0. The average molecular weight is 402 g/mol. The number of aromatic nitrogens is 4. The monoisotopic (exact) mass is 402 g/mol. The fourth-order valence-electron chi connectivity index (χ4n) is 4.33. The topological polar surface area (TPSA) is 72.9 Å². The van der Waals surface area contributed by atoms with Crippen molar-refractivity contribution < 1.29 is 9.50 Å². The van der Waals surface area contributed by atoms with E-state index in [0.29, 0.717) is 18.1 Å². The van der Waals surface area contributed by atoms with Gasteiger partial charge in [0.1, 0.15) is 11.5 Å². The maximum atomic E-state index is 13.7. The van der Waals surface area contributed by atoms with Crippen LogP contribution in [0.5, 0.6) is 5.75 Å². The Bertz CT molecular complexity index is 1290. The molecule has 3 heterocycles. The zero-order valence-corrected chi connectivity index (χ0v) is 16.2. The first-order valence-electron chi connectivity index (χ1n) is 9.68. The summed E-state index contributed by atoms with van der Waals surface area (Å²) in [6, 6.07) is 14.2. The van der Waals surface area contributed by atoms with E-state index in [1.54, 1.807) is 23.0 Å². The number of benzene rings is 2. The third-order valence-electron chi connectivity index (χ3n) is 5.75. The fraction of sp³-hybridized carbons (Fsp3) is 0.174. The summed E-state index contributed by atoms with van der Waals surface area (Å²) in [4.78, 5) is 16.4. The van der Waals surface area contributed by atoms with Crippen molar-refractivity contribution in [3.05, 3.63) is 99.9 Å². The van der Waals surface area contributed by atoms with Crippen LogP contribution >= 0.6 is 0 Å². The Labute approximate surface area is 171 Å². The van der Waals surface area contributed by atoms with Gasteiger partial charge in [-0.25, -0.2) is 9.37 Å². The van der Waals surface area contributed by atoms with Crippen LogP contribution in [0.1, 0.15) is 28.7 Å². The van der Waals surface area contributed by atoms with Gasteiger partial charge in [-0.3, -0.25) is 9.48 Å². The predicted molar refractivity (Wildman–Crippen MR) is 110 cm³/mol. The van der Waals surface area contributed by atoms with E-state index in [4.69, 9.17) is 0 Å². The van der Waals surface area contributed by atoms with E-state index in [9.17, 15) is 14.3 Å². The molecule has 0 aliphatic carbocycles. The molecule has 1 N–H and O–H groups in total. The number of halogens is 1. The van der Waals surface area contributed by atoms with E-state index < -0.39 is 5.43 Å². The van der Waals surface area contributed by atoms with Crippen LogP contribution in [-0.4, -0.2) is 24.4 Å². The summed E-state index contributed by atoms with van der Waals surface area (Å²) in [7, 11) is 0. The highest BCUT2D eigenvalue weighted by Crippen LogP contribution is 2.43. The van der Waals surface area contributed by atoms with Crippen LogP contribution in [0.4, 0.5) is 4.39 Å². The number of imidazole rings is 1. The van der Waals surface area contributed by atoms with Gasteiger partial charge in [-0.2, -0.15) is 5.10 Å². The minimum atomic E-state index is -0.550. The first-order valence-corrected chi connectivity index (χ1v) is 9.68. The molecule has 2 aromatic heterocycles. The van der Waals surface area contributed by atoms with Gasteiger partial charge in [0.05, 0.1) is 12.2 Å². The Morgan fingerprint density at radius 1 is 1.17 bits per heavy atom. The highest BCUT2D eigenvalue weighted by atomic mass is 19.1. The second-order valence-electron chi connectivity index (χ2n) is 7.51. The Balaban J connectivity index is 1.77. The minimum Gasteiger partial charge on any atom is -0.503 e. The van der Waals surface area contributed by atoms with E-state index in [2.05, 4.69) is 16.1 Å². The van der Waals surface area contributed by atoms with Gasteiger partial charge >= 0.3 is 0 Å². The third-order valence-corrected chi connectivity index (χ3v) is 5.75. The van der Waals surface area contributed by atoms with Gasteiger partial charge in [0.2, 0.25) is 5.43 Å². The average Bonchev–Trinajstić information content (AvgIpc) is 3.21. The summed E-state index contributed by atoms with van der Waals surface area (Å²) in [5.41, 5.74) is 2.83. The number of nitrogens with zero attached hydrogens (tertiary/aromatic N) is 4. The second kappa shape index (κ2) is 6.95. The van der Waals surface area contributed by atoms with E-state index in [-0.39, 0.29) is 23.5 Å². The van der Waals surface area contributed by atoms with Gasteiger partial charge in [-0.05, 0) is 35.7 Å². The van der Waals surface area contributed by atoms with Crippen molar-refractivity contribution in [2.45, 2.75) is 25.4 Å². The molecule has 1 aliphatic rings. The molecule has 2 aromatic carbocycles. The summed E-state index contributed by atoms with van der Waals surface area (Å²) in [6.45, 7) is 2.57. The lowest BCUT2D eigenvalue weighted by Crippen LogP contribution is -2.32. The maximum absolute atomic E-state index is 13.7. The van der Waals surface area contributed by atoms with E-state index >= 15 is 0 Å². The van der Waals surface area contributed by atoms with Crippen molar-refractivity contribution in [1.82, 2.24) is 19.3 Å². The lowest BCUT2D eigenvalue weighted by molar-refractivity contribution is 0.331. The molecule has 7 heteroatoms. The molecule has 30 heavy (non-hydrogen) atoms. The van der Waals surface area contributed by atoms with Crippen LogP contribution in [0.3, 0.4) is 0 Å². The zero-order valence-electron chi connectivity index (χ0n) is 16.2. The van der Waals surface area contributed by atoms with E-state index in [0.717, 1.165) is 22.9 Å². The molecule has 6 nitrogen and oxygen atoms in total. The standard InChI is InChI=1S/C23H19FN4O2/c1-14-4-2-3-5-17(14)20(15-6-8-16(24)9-7-15)18-13-27-11-10-25-23(27)21-22(30)19(29)12-26-28(18)21/h2-12,18,20,30H,13H2,1H3/t18-,20?/m1/s1. The summed E-state index contributed by atoms with van der Waals surface area (Å²) < 4.78 is 17.3.